The maximum absolute atomic E-state index is 12.3. The largest absolute Gasteiger partial charge is 0.502 e. The molecular weight excluding hydrogens is 440 g/mol. The average Bonchev–Trinajstić information content (AvgIpc) is 2.83. The second-order valence-electron chi connectivity index (χ2n) is 6.78. The molecule has 0 unspecified atom stereocenters. The molecule has 2 aromatic heterocycles. The van der Waals surface area contributed by atoms with Gasteiger partial charge in [-0.05, 0) is 6.07 Å². The summed E-state index contributed by atoms with van der Waals surface area (Å²) in [6, 6.07) is 4.64. The minimum Gasteiger partial charge on any atom is -0.502 e. The Balaban J connectivity index is 2.49. The van der Waals surface area contributed by atoms with E-state index in [0.717, 1.165) is 12.1 Å². The second-order valence-corrected chi connectivity index (χ2v) is 6.78. The lowest BCUT2D eigenvalue weighted by atomic mass is 9.90. The number of aliphatic hydroxyl groups is 2. The summed E-state index contributed by atoms with van der Waals surface area (Å²) in [6.45, 7) is -1.35. The Morgan fingerprint density at radius 2 is 1.15 bits per heavy atom. The first-order valence-electron chi connectivity index (χ1n) is 9.52. The zero-order valence-corrected chi connectivity index (χ0v) is 17.9. The SMILES string of the molecule is COc1cc(OC)c(C(c2oc(CO)cc(=O)c2O)c2oc(CO)cc(=O)c2O)cc1OC. The lowest BCUT2D eigenvalue weighted by molar-refractivity contribution is 0.224. The highest BCUT2D eigenvalue weighted by molar-refractivity contribution is 5.57. The number of hydrogen-bond donors (Lipinski definition) is 4. The van der Waals surface area contributed by atoms with E-state index in [4.69, 9.17) is 23.0 Å². The molecule has 11 nitrogen and oxygen atoms in total. The van der Waals surface area contributed by atoms with Crippen molar-refractivity contribution in [2.24, 2.45) is 0 Å². The minimum absolute atomic E-state index is 0.130. The van der Waals surface area contributed by atoms with Crippen molar-refractivity contribution in [2.75, 3.05) is 21.3 Å². The fourth-order valence-corrected chi connectivity index (χ4v) is 3.34. The summed E-state index contributed by atoms with van der Waals surface area (Å²) in [7, 11) is 4.11. The van der Waals surface area contributed by atoms with Gasteiger partial charge < -0.3 is 43.5 Å². The number of aliphatic hydroxyl groups excluding tert-OH is 2. The van der Waals surface area contributed by atoms with E-state index in [1.54, 1.807) is 0 Å². The number of rotatable bonds is 8. The van der Waals surface area contributed by atoms with Crippen LogP contribution in [0.3, 0.4) is 0 Å². The number of methoxy groups -OCH3 is 3. The summed E-state index contributed by atoms with van der Waals surface area (Å²) in [5.74, 6) is -3.84. The van der Waals surface area contributed by atoms with E-state index in [2.05, 4.69) is 0 Å². The smallest absolute Gasteiger partial charge is 0.227 e. The Bertz CT molecular complexity index is 1210. The minimum atomic E-state index is -1.45. The Morgan fingerprint density at radius 1 is 0.727 bits per heavy atom. The lowest BCUT2D eigenvalue weighted by Gasteiger charge is -2.22. The van der Waals surface area contributed by atoms with Gasteiger partial charge in [0.25, 0.3) is 0 Å². The van der Waals surface area contributed by atoms with Gasteiger partial charge >= 0.3 is 0 Å². The molecular formula is C22H22O11. The molecule has 0 saturated heterocycles. The van der Waals surface area contributed by atoms with Crippen LogP contribution in [-0.2, 0) is 13.2 Å². The fourth-order valence-electron chi connectivity index (χ4n) is 3.34. The van der Waals surface area contributed by atoms with Gasteiger partial charge in [-0.1, -0.05) is 0 Å². The van der Waals surface area contributed by atoms with Crippen molar-refractivity contribution < 1.29 is 43.5 Å². The van der Waals surface area contributed by atoms with Crippen molar-refractivity contribution in [1.29, 1.82) is 0 Å². The molecule has 0 atom stereocenters. The van der Waals surface area contributed by atoms with Gasteiger partial charge in [-0.2, -0.15) is 0 Å². The molecule has 0 fully saturated rings. The molecule has 0 saturated carbocycles. The van der Waals surface area contributed by atoms with Gasteiger partial charge in [0.2, 0.25) is 22.4 Å². The molecule has 176 valence electrons. The van der Waals surface area contributed by atoms with Crippen LogP contribution in [0.4, 0.5) is 0 Å². The van der Waals surface area contributed by atoms with E-state index in [0.29, 0.717) is 0 Å². The molecule has 4 N–H and O–H groups in total. The normalized spacial score (nSPS) is 11.0. The van der Waals surface area contributed by atoms with Crippen LogP contribution in [-0.4, -0.2) is 41.8 Å². The van der Waals surface area contributed by atoms with Crippen LogP contribution in [0.5, 0.6) is 28.7 Å². The number of benzene rings is 1. The summed E-state index contributed by atoms with van der Waals surface area (Å²) < 4.78 is 27.1. The van der Waals surface area contributed by atoms with Gasteiger partial charge in [0.1, 0.15) is 36.4 Å². The first-order valence-corrected chi connectivity index (χ1v) is 9.52. The first kappa shape index (κ1) is 23.7. The lowest BCUT2D eigenvalue weighted by Crippen LogP contribution is -2.15. The predicted molar refractivity (Wildman–Crippen MR) is 112 cm³/mol. The van der Waals surface area contributed by atoms with Crippen molar-refractivity contribution in [2.45, 2.75) is 19.1 Å². The average molecular weight is 462 g/mol. The van der Waals surface area contributed by atoms with E-state index >= 15 is 0 Å². The van der Waals surface area contributed by atoms with Gasteiger partial charge in [-0.25, -0.2) is 0 Å². The van der Waals surface area contributed by atoms with E-state index in [1.807, 2.05) is 0 Å². The van der Waals surface area contributed by atoms with Crippen molar-refractivity contribution in [3.05, 3.63) is 73.3 Å². The highest BCUT2D eigenvalue weighted by Crippen LogP contribution is 2.46. The number of ether oxygens (including phenoxy) is 3. The summed E-state index contributed by atoms with van der Waals surface area (Å²) in [5, 5.41) is 40.1. The highest BCUT2D eigenvalue weighted by Gasteiger charge is 2.34. The van der Waals surface area contributed by atoms with Crippen LogP contribution in [0.2, 0.25) is 0 Å². The molecule has 0 bridgehead atoms. The third-order valence-corrected chi connectivity index (χ3v) is 4.88. The molecule has 0 radical (unpaired) electrons. The molecule has 1 aromatic carbocycles. The number of hydrogen-bond acceptors (Lipinski definition) is 11. The Labute approximate surface area is 186 Å². The molecule has 33 heavy (non-hydrogen) atoms. The molecule has 0 aliphatic rings. The van der Waals surface area contributed by atoms with Gasteiger partial charge in [0.15, 0.2) is 23.0 Å². The van der Waals surface area contributed by atoms with Gasteiger partial charge in [-0.3, -0.25) is 9.59 Å². The molecule has 2 heterocycles. The maximum atomic E-state index is 12.3. The fraction of sp³-hybridized carbons (Fsp3) is 0.273. The van der Waals surface area contributed by atoms with Crippen LogP contribution < -0.4 is 25.1 Å². The quantitative estimate of drug-likeness (QED) is 0.379. The van der Waals surface area contributed by atoms with Crippen LogP contribution in [0.1, 0.15) is 34.5 Å². The first-order chi connectivity index (χ1) is 15.8. The van der Waals surface area contributed by atoms with Crippen LogP contribution >= 0.6 is 0 Å². The zero-order chi connectivity index (χ0) is 24.3. The van der Waals surface area contributed by atoms with E-state index in [-0.39, 0.29) is 34.3 Å². The van der Waals surface area contributed by atoms with Gasteiger partial charge in [0, 0.05) is 23.8 Å². The predicted octanol–water partition coefficient (Wildman–Crippen LogP) is 1.19. The summed E-state index contributed by atoms with van der Waals surface area (Å²) in [4.78, 5) is 24.7. The zero-order valence-electron chi connectivity index (χ0n) is 17.9. The highest BCUT2D eigenvalue weighted by atomic mass is 16.5. The third-order valence-electron chi connectivity index (χ3n) is 4.88. The van der Waals surface area contributed by atoms with Crippen LogP contribution in [0.15, 0.2) is 42.7 Å². The standard InChI is InChI=1S/C22H22O11/c1-29-15-7-17(31-3)16(30-2)6-12(15)18(21-19(27)13(25)4-10(8-23)32-21)22-20(28)14(26)5-11(9-24)33-22/h4-7,18,23-24,27-28H,8-9H2,1-3H3. The topological polar surface area (TPSA) is 169 Å². The maximum Gasteiger partial charge on any atom is 0.227 e. The van der Waals surface area contributed by atoms with Crippen molar-refractivity contribution >= 4 is 0 Å². The molecule has 11 heteroatoms. The van der Waals surface area contributed by atoms with Crippen molar-refractivity contribution in [3.63, 3.8) is 0 Å². The Morgan fingerprint density at radius 3 is 1.55 bits per heavy atom. The van der Waals surface area contributed by atoms with E-state index in [9.17, 15) is 30.0 Å². The summed E-state index contributed by atoms with van der Waals surface area (Å²) >= 11 is 0. The second kappa shape index (κ2) is 9.67. The Kier molecular flexibility index (Phi) is 6.95. The molecule has 0 aliphatic carbocycles. The Hall–Kier alpha value is -3.96. The summed E-state index contributed by atoms with van der Waals surface area (Å²) in [6.07, 6.45) is 0. The van der Waals surface area contributed by atoms with Crippen LogP contribution in [0.25, 0.3) is 0 Å². The number of aromatic hydroxyl groups is 2. The molecule has 3 aromatic rings. The van der Waals surface area contributed by atoms with Crippen molar-refractivity contribution in [1.82, 2.24) is 0 Å². The van der Waals surface area contributed by atoms with E-state index < -0.39 is 53.0 Å². The van der Waals surface area contributed by atoms with Gasteiger partial charge in [0.05, 0.1) is 21.3 Å². The van der Waals surface area contributed by atoms with Crippen molar-refractivity contribution in [3.8, 4) is 28.7 Å². The van der Waals surface area contributed by atoms with E-state index in [1.165, 1.54) is 33.5 Å². The third kappa shape index (κ3) is 4.36. The molecule has 0 amide bonds. The molecule has 3 rings (SSSR count). The summed E-state index contributed by atoms with van der Waals surface area (Å²) in [5.41, 5.74) is -1.63. The molecule has 0 spiro atoms. The molecule has 0 aliphatic heterocycles. The van der Waals surface area contributed by atoms with Crippen LogP contribution in [0, 0.1) is 0 Å². The monoisotopic (exact) mass is 462 g/mol. The van der Waals surface area contributed by atoms with Gasteiger partial charge in [-0.15, -0.1) is 0 Å².